The SMILES string of the molecule is CNCC(COC)N1CCN(c2cccc(C)c2)CC1. The molecule has 0 aromatic heterocycles. The molecule has 1 aliphatic heterocycles. The summed E-state index contributed by atoms with van der Waals surface area (Å²) in [5.41, 5.74) is 2.68. The Morgan fingerprint density at radius 1 is 1.25 bits per heavy atom. The molecule has 1 aromatic carbocycles. The topological polar surface area (TPSA) is 27.7 Å². The summed E-state index contributed by atoms with van der Waals surface area (Å²) < 4.78 is 5.34. The van der Waals surface area contributed by atoms with Crippen LogP contribution in [-0.4, -0.2) is 64.4 Å². The van der Waals surface area contributed by atoms with Crippen molar-refractivity contribution in [1.29, 1.82) is 0 Å². The van der Waals surface area contributed by atoms with Crippen molar-refractivity contribution in [2.24, 2.45) is 0 Å². The Bertz CT molecular complexity index is 396. The van der Waals surface area contributed by atoms with Crippen molar-refractivity contribution in [2.45, 2.75) is 13.0 Å². The number of hydrogen-bond acceptors (Lipinski definition) is 4. The lowest BCUT2D eigenvalue weighted by Gasteiger charge is -2.40. The van der Waals surface area contributed by atoms with Crippen LogP contribution in [0.5, 0.6) is 0 Å². The van der Waals surface area contributed by atoms with Gasteiger partial charge in [0.25, 0.3) is 0 Å². The summed E-state index contributed by atoms with van der Waals surface area (Å²) in [7, 11) is 3.79. The monoisotopic (exact) mass is 277 g/mol. The van der Waals surface area contributed by atoms with Gasteiger partial charge in [0, 0.05) is 51.6 Å². The Kier molecular flexibility index (Phi) is 5.83. The number of rotatable bonds is 6. The third kappa shape index (κ3) is 3.95. The molecule has 0 spiro atoms. The van der Waals surface area contributed by atoms with Gasteiger partial charge in [-0.05, 0) is 31.7 Å². The van der Waals surface area contributed by atoms with Crippen molar-refractivity contribution in [3.63, 3.8) is 0 Å². The number of piperazine rings is 1. The fraction of sp³-hybridized carbons (Fsp3) is 0.625. The van der Waals surface area contributed by atoms with Gasteiger partial charge in [0.2, 0.25) is 0 Å². The number of ether oxygens (including phenoxy) is 1. The molecule has 0 aliphatic carbocycles. The molecular formula is C16H27N3O. The maximum atomic E-state index is 5.34. The standard InChI is InChI=1S/C16H27N3O/c1-14-5-4-6-15(11-14)18-7-9-19(10-8-18)16(12-17-2)13-20-3/h4-6,11,16-17H,7-10,12-13H2,1-3H3. The van der Waals surface area contributed by atoms with E-state index in [0.717, 1.165) is 39.3 Å². The highest BCUT2D eigenvalue weighted by Crippen LogP contribution is 2.18. The Hall–Kier alpha value is -1.10. The molecule has 4 nitrogen and oxygen atoms in total. The van der Waals surface area contributed by atoms with Crippen molar-refractivity contribution in [3.8, 4) is 0 Å². The van der Waals surface area contributed by atoms with Crippen LogP contribution in [0.4, 0.5) is 5.69 Å². The number of likely N-dealkylation sites (N-methyl/N-ethyl adjacent to an activating group) is 1. The summed E-state index contributed by atoms with van der Waals surface area (Å²) >= 11 is 0. The maximum Gasteiger partial charge on any atom is 0.0630 e. The third-order valence-corrected chi connectivity index (χ3v) is 4.00. The molecule has 1 heterocycles. The zero-order chi connectivity index (χ0) is 14.4. The number of aryl methyl sites for hydroxylation is 1. The Balaban J connectivity index is 1.91. The van der Waals surface area contributed by atoms with E-state index in [4.69, 9.17) is 4.74 Å². The van der Waals surface area contributed by atoms with Gasteiger partial charge in [-0.1, -0.05) is 12.1 Å². The second-order valence-corrected chi connectivity index (χ2v) is 5.53. The van der Waals surface area contributed by atoms with Gasteiger partial charge in [-0.15, -0.1) is 0 Å². The van der Waals surface area contributed by atoms with E-state index in [0.29, 0.717) is 6.04 Å². The summed E-state index contributed by atoms with van der Waals surface area (Å²) in [6.07, 6.45) is 0. The lowest BCUT2D eigenvalue weighted by molar-refractivity contribution is 0.0862. The van der Waals surface area contributed by atoms with E-state index in [9.17, 15) is 0 Å². The van der Waals surface area contributed by atoms with Crippen LogP contribution in [0, 0.1) is 6.92 Å². The second kappa shape index (κ2) is 7.62. The molecule has 2 rings (SSSR count). The van der Waals surface area contributed by atoms with Gasteiger partial charge in [0.15, 0.2) is 0 Å². The van der Waals surface area contributed by atoms with Crippen LogP contribution in [0.3, 0.4) is 0 Å². The highest BCUT2D eigenvalue weighted by molar-refractivity contribution is 5.48. The minimum Gasteiger partial charge on any atom is -0.383 e. The molecule has 1 atom stereocenters. The van der Waals surface area contributed by atoms with Gasteiger partial charge in [0.1, 0.15) is 0 Å². The number of methoxy groups -OCH3 is 1. The van der Waals surface area contributed by atoms with Gasteiger partial charge in [-0.2, -0.15) is 0 Å². The van der Waals surface area contributed by atoms with Crippen LogP contribution >= 0.6 is 0 Å². The molecule has 0 radical (unpaired) electrons. The third-order valence-electron chi connectivity index (χ3n) is 4.00. The number of nitrogens with one attached hydrogen (secondary N) is 1. The van der Waals surface area contributed by atoms with E-state index >= 15 is 0 Å². The lowest BCUT2D eigenvalue weighted by atomic mass is 10.1. The molecule has 1 N–H and O–H groups in total. The maximum absolute atomic E-state index is 5.34. The van der Waals surface area contributed by atoms with E-state index in [2.05, 4.69) is 46.3 Å². The van der Waals surface area contributed by atoms with Crippen LogP contribution in [0.25, 0.3) is 0 Å². The van der Waals surface area contributed by atoms with Gasteiger partial charge < -0.3 is 15.0 Å². The molecule has 0 bridgehead atoms. The summed E-state index contributed by atoms with van der Waals surface area (Å²) in [4.78, 5) is 5.01. The first-order valence-corrected chi connectivity index (χ1v) is 7.44. The summed E-state index contributed by atoms with van der Waals surface area (Å²) in [5, 5.41) is 3.26. The quantitative estimate of drug-likeness (QED) is 0.849. The summed E-state index contributed by atoms with van der Waals surface area (Å²) in [6, 6.07) is 9.26. The predicted molar refractivity (Wildman–Crippen MR) is 84.6 cm³/mol. The summed E-state index contributed by atoms with van der Waals surface area (Å²) in [6.45, 7) is 8.32. The molecular weight excluding hydrogens is 250 g/mol. The Morgan fingerprint density at radius 2 is 2.00 bits per heavy atom. The largest absolute Gasteiger partial charge is 0.383 e. The van der Waals surface area contributed by atoms with Crippen LogP contribution in [0.15, 0.2) is 24.3 Å². The lowest BCUT2D eigenvalue weighted by Crippen LogP contribution is -2.54. The van der Waals surface area contributed by atoms with Crippen molar-refractivity contribution >= 4 is 5.69 Å². The van der Waals surface area contributed by atoms with Gasteiger partial charge in [-0.3, -0.25) is 4.90 Å². The van der Waals surface area contributed by atoms with Crippen LogP contribution in [-0.2, 0) is 4.74 Å². The van der Waals surface area contributed by atoms with E-state index in [1.165, 1.54) is 11.3 Å². The highest BCUT2D eigenvalue weighted by Gasteiger charge is 2.23. The first-order chi connectivity index (χ1) is 9.74. The Morgan fingerprint density at radius 3 is 2.60 bits per heavy atom. The fourth-order valence-corrected chi connectivity index (χ4v) is 2.89. The normalized spacial score (nSPS) is 18.2. The van der Waals surface area contributed by atoms with Crippen molar-refractivity contribution < 1.29 is 4.74 Å². The van der Waals surface area contributed by atoms with Gasteiger partial charge in [-0.25, -0.2) is 0 Å². The fourth-order valence-electron chi connectivity index (χ4n) is 2.89. The van der Waals surface area contributed by atoms with Gasteiger partial charge in [0.05, 0.1) is 6.61 Å². The molecule has 1 unspecified atom stereocenters. The van der Waals surface area contributed by atoms with Crippen molar-refractivity contribution in [1.82, 2.24) is 10.2 Å². The molecule has 1 saturated heterocycles. The zero-order valence-electron chi connectivity index (χ0n) is 12.9. The zero-order valence-corrected chi connectivity index (χ0v) is 12.9. The molecule has 112 valence electrons. The van der Waals surface area contributed by atoms with Crippen molar-refractivity contribution in [2.75, 3.05) is 58.4 Å². The predicted octanol–water partition coefficient (Wildman–Crippen LogP) is 1.35. The molecule has 4 heteroatoms. The number of benzene rings is 1. The average Bonchev–Trinajstić information content (AvgIpc) is 2.47. The molecule has 0 saturated carbocycles. The van der Waals surface area contributed by atoms with E-state index in [-0.39, 0.29) is 0 Å². The van der Waals surface area contributed by atoms with E-state index < -0.39 is 0 Å². The molecule has 1 fully saturated rings. The molecule has 1 aromatic rings. The smallest absolute Gasteiger partial charge is 0.0630 e. The Labute approximate surface area is 122 Å². The molecule has 20 heavy (non-hydrogen) atoms. The van der Waals surface area contributed by atoms with Crippen molar-refractivity contribution in [3.05, 3.63) is 29.8 Å². The highest BCUT2D eigenvalue weighted by atomic mass is 16.5. The van der Waals surface area contributed by atoms with Gasteiger partial charge >= 0.3 is 0 Å². The minimum absolute atomic E-state index is 0.477. The average molecular weight is 277 g/mol. The molecule has 0 amide bonds. The summed E-state index contributed by atoms with van der Waals surface area (Å²) in [5.74, 6) is 0. The van der Waals surface area contributed by atoms with E-state index in [1.54, 1.807) is 7.11 Å². The molecule has 1 aliphatic rings. The van der Waals surface area contributed by atoms with Crippen LogP contribution < -0.4 is 10.2 Å². The number of anilines is 1. The number of hydrogen-bond donors (Lipinski definition) is 1. The second-order valence-electron chi connectivity index (χ2n) is 5.53. The van der Waals surface area contributed by atoms with E-state index in [1.807, 2.05) is 7.05 Å². The minimum atomic E-state index is 0.477. The van der Waals surface area contributed by atoms with Crippen LogP contribution in [0.1, 0.15) is 5.56 Å². The van der Waals surface area contributed by atoms with Crippen LogP contribution in [0.2, 0.25) is 0 Å². The first-order valence-electron chi connectivity index (χ1n) is 7.44. The number of nitrogens with zero attached hydrogens (tertiary/aromatic N) is 2. The first kappa shape index (κ1) is 15.3.